The molecule has 208 valence electrons. The van der Waals surface area contributed by atoms with E-state index in [1.54, 1.807) is 5.30 Å². The van der Waals surface area contributed by atoms with Gasteiger partial charge in [-0.2, -0.15) is 0 Å². The van der Waals surface area contributed by atoms with Crippen LogP contribution in [0.25, 0.3) is 22.3 Å². The molecule has 0 N–H and O–H groups in total. The van der Waals surface area contributed by atoms with Gasteiger partial charge in [0.15, 0.2) is 0 Å². The summed E-state index contributed by atoms with van der Waals surface area (Å²) in [6.45, 7) is 27.6. The molecule has 1 saturated heterocycles. The van der Waals surface area contributed by atoms with Gasteiger partial charge in [-0.3, -0.25) is 4.79 Å². The number of rotatable bonds is 5. The average molecular weight is 541 g/mol. The van der Waals surface area contributed by atoms with Gasteiger partial charge in [-0.1, -0.05) is 65.9 Å². The second-order valence-corrected chi connectivity index (χ2v) is 15.5. The van der Waals surface area contributed by atoms with Crippen molar-refractivity contribution in [1.29, 1.82) is 0 Å². The molecule has 2 unspecified atom stereocenters. The predicted molar refractivity (Wildman–Crippen MR) is 173 cm³/mol. The average Bonchev–Trinajstić information content (AvgIpc) is 2.86. The second kappa shape index (κ2) is 11.3. The van der Waals surface area contributed by atoms with E-state index in [1.807, 2.05) is 0 Å². The number of aryl methyl sites for hydroxylation is 4. The van der Waals surface area contributed by atoms with Crippen molar-refractivity contribution in [2.45, 2.75) is 107 Å². The molecular weight excluding hydrogens is 491 g/mol. The standard InChI is InChI=1S/C37H49OP/c1-20(2)33-18-30(38)19-34(21(3)4)39(33)37-31(35-26(9)22(5)16-23(6)27(35)10)14-13-15-32(37)36-28(11)24(7)17-25(8)29(36)12/h13-17,20-21,33-34H,18-19H2,1-12H3. The monoisotopic (exact) mass is 540 g/mol. The van der Waals surface area contributed by atoms with E-state index >= 15 is 0 Å². The molecule has 1 fully saturated rings. The summed E-state index contributed by atoms with van der Waals surface area (Å²) < 4.78 is 0. The van der Waals surface area contributed by atoms with Gasteiger partial charge in [0, 0.05) is 12.8 Å². The number of carbonyl (C=O) groups excluding carboxylic acids is 1. The van der Waals surface area contributed by atoms with Crippen molar-refractivity contribution in [3.63, 3.8) is 0 Å². The van der Waals surface area contributed by atoms with Crippen LogP contribution < -0.4 is 5.30 Å². The molecule has 1 aliphatic rings. The van der Waals surface area contributed by atoms with Crippen LogP contribution in [0, 0.1) is 67.2 Å². The first-order chi connectivity index (χ1) is 18.3. The van der Waals surface area contributed by atoms with E-state index < -0.39 is 7.92 Å². The number of hydrogen-bond acceptors (Lipinski definition) is 1. The van der Waals surface area contributed by atoms with E-state index in [4.69, 9.17) is 0 Å². The van der Waals surface area contributed by atoms with Gasteiger partial charge < -0.3 is 0 Å². The molecular formula is C37H49OP. The maximum Gasteiger partial charge on any atom is 0.134 e. The summed E-state index contributed by atoms with van der Waals surface area (Å²) in [5.74, 6) is 1.39. The minimum Gasteiger partial charge on any atom is -0.300 e. The molecule has 3 aromatic carbocycles. The number of carbonyl (C=O) groups is 1. The van der Waals surface area contributed by atoms with Crippen molar-refractivity contribution >= 4 is 19.0 Å². The van der Waals surface area contributed by atoms with Crippen molar-refractivity contribution in [3.05, 3.63) is 74.8 Å². The molecule has 0 amide bonds. The SMILES string of the molecule is Cc1cc(C)c(C)c(-c2cccc(-c3c(C)c(C)cc(C)c3C)c2P2C(C(C)C)CC(=O)CC2C(C)C)c1C. The zero-order valence-corrected chi connectivity index (χ0v) is 27.4. The highest BCUT2D eigenvalue weighted by atomic mass is 31.1. The molecule has 0 radical (unpaired) electrons. The summed E-state index contributed by atoms with van der Waals surface area (Å²) in [4.78, 5) is 13.2. The third-order valence-corrected chi connectivity index (χ3v) is 13.7. The van der Waals surface area contributed by atoms with Crippen LogP contribution in [0.1, 0.15) is 85.0 Å². The van der Waals surface area contributed by atoms with Crippen molar-refractivity contribution < 1.29 is 4.79 Å². The Morgan fingerprint density at radius 2 is 0.949 bits per heavy atom. The van der Waals surface area contributed by atoms with Crippen molar-refractivity contribution in [3.8, 4) is 22.3 Å². The Kier molecular flexibility index (Phi) is 8.64. The first kappa shape index (κ1) is 29.7. The number of Topliss-reactive ketones (excluding diaryl/α,β-unsaturated/α-hetero) is 1. The molecule has 3 aromatic rings. The fourth-order valence-corrected chi connectivity index (χ4v) is 11.1. The van der Waals surface area contributed by atoms with E-state index in [0.29, 0.717) is 28.9 Å². The topological polar surface area (TPSA) is 17.1 Å². The minimum absolute atomic E-state index is 0.395. The van der Waals surface area contributed by atoms with Crippen LogP contribution in [0.15, 0.2) is 30.3 Å². The van der Waals surface area contributed by atoms with Crippen LogP contribution in [0.5, 0.6) is 0 Å². The van der Waals surface area contributed by atoms with Crippen LogP contribution in [0.2, 0.25) is 0 Å². The highest BCUT2D eigenvalue weighted by Crippen LogP contribution is 2.59. The highest BCUT2D eigenvalue weighted by molar-refractivity contribution is 7.68. The maximum absolute atomic E-state index is 13.2. The largest absolute Gasteiger partial charge is 0.300 e. The first-order valence-corrected chi connectivity index (χ1v) is 16.3. The van der Waals surface area contributed by atoms with Gasteiger partial charge in [-0.15, -0.1) is 0 Å². The fraction of sp³-hybridized carbons (Fsp3) is 0.486. The second-order valence-electron chi connectivity index (χ2n) is 12.9. The van der Waals surface area contributed by atoms with Gasteiger partial charge in [0.1, 0.15) is 5.78 Å². The number of benzene rings is 3. The number of hydrogen-bond donors (Lipinski definition) is 0. The van der Waals surface area contributed by atoms with Crippen LogP contribution in [0.4, 0.5) is 0 Å². The van der Waals surface area contributed by atoms with Gasteiger partial charge in [0.05, 0.1) is 0 Å². The Balaban J connectivity index is 2.22. The molecule has 39 heavy (non-hydrogen) atoms. The van der Waals surface area contributed by atoms with E-state index in [2.05, 4.69) is 113 Å². The molecule has 2 heteroatoms. The lowest BCUT2D eigenvalue weighted by molar-refractivity contribution is -0.119. The molecule has 1 aliphatic heterocycles. The lowest BCUT2D eigenvalue weighted by atomic mass is 9.85. The van der Waals surface area contributed by atoms with E-state index in [-0.39, 0.29) is 0 Å². The van der Waals surface area contributed by atoms with Gasteiger partial charge in [0.2, 0.25) is 0 Å². The van der Waals surface area contributed by atoms with Gasteiger partial charge in [0.25, 0.3) is 0 Å². The van der Waals surface area contributed by atoms with E-state index in [0.717, 1.165) is 12.8 Å². The molecule has 0 saturated carbocycles. The van der Waals surface area contributed by atoms with Gasteiger partial charge in [-0.05, 0) is 151 Å². The summed E-state index contributed by atoms with van der Waals surface area (Å²) in [7, 11) is -0.597. The Labute approximate surface area is 239 Å². The Morgan fingerprint density at radius 1 is 0.615 bits per heavy atom. The molecule has 0 spiro atoms. The zero-order chi connectivity index (χ0) is 28.9. The van der Waals surface area contributed by atoms with E-state index in [9.17, 15) is 4.79 Å². The van der Waals surface area contributed by atoms with Crippen molar-refractivity contribution in [2.75, 3.05) is 0 Å². The lowest BCUT2D eigenvalue weighted by Gasteiger charge is -2.44. The molecule has 1 heterocycles. The summed E-state index contributed by atoms with van der Waals surface area (Å²) in [5, 5.41) is 1.55. The smallest absolute Gasteiger partial charge is 0.134 e. The predicted octanol–water partition coefficient (Wildman–Crippen LogP) is 10.0. The maximum atomic E-state index is 13.2. The van der Waals surface area contributed by atoms with Crippen LogP contribution in [-0.2, 0) is 4.79 Å². The highest BCUT2D eigenvalue weighted by Gasteiger charge is 2.42. The Bertz CT molecular complexity index is 1270. The third kappa shape index (κ3) is 5.29. The van der Waals surface area contributed by atoms with Crippen LogP contribution >= 0.6 is 7.92 Å². The first-order valence-electron chi connectivity index (χ1n) is 14.8. The van der Waals surface area contributed by atoms with Crippen LogP contribution in [-0.4, -0.2) is 17.1 Å². The summed E-state index contributed by atoms with van der Waals surface area (Å²) in [6, 6.07) is 11.8. The van der Waals surface area contributed by atoms with Crippen LogP contribution in [0.3, 0.4) is 0 Å². The molecule has 0 aliphatic carbocycles. The van der Waals surface area contributed by atoms with Crippen molar-refractivity contribution in [2.24, 2.45) is 11.8 Å². The molecule has 0 aromatic heterocycles. The zero-order valence-electron chi connectivity index (χ0n) is 26.5. The Hall–Kier alpha value is -2.24. The molecule has 0 bridgehead atoms. The third-order valence-electron chi connectivity index (χ3n) is 9.69. The van der Waals surface area contributed by atoms with Crippen molar-refractivity contribution in [1.82, 2.24) is 0 Å². The van der Waals surface area contributed by atoms with E-state index in [1.165, 1.54) is 66.8 Å². The minimum atomic E-state index is -0.597. The Morgan fingerprint density at radius 3 is 1.26 bits per heavy atom. The molecule has 1 nitrogen and oxygen atoms in total. The number of ketones is 1. The normalized spacial score (nSPS) is 19.8. The lowest BCUT2D eigenvalue weighted by Crippen LogP contribution is -2.38. The fourth-order valence-electron chi connectivity index (χ4n) is 6.90. The van der Waals surface area contributed by atoms with Gasteiger partial charge in [-0.25, -0.2) is 0 Å². The quantitative estimate of drug-likeness (QED) is 0.294. The summed E-state index contributed by atoms with van der Waals surface area (Å²) in [5.41, 5.74) is 17.4. The summed E-state index contributed by atoms with van der Waals surface area (Å²) >= 11 is 0. The molecule has 4 rings (SSSR count). The van der Waals surface area contributed by atoms with Gasteiger partial charge >= 0.3 is 0 Å². The summed E-state index contributed by atoms with van der Waals surface area (Å²) in [6.07, 6.45) is 1.44. The molecule has 2 atom stereocenters.